The third-order valence-corrected chi connectivity index (χ3v) is 5.62. The molecule has 1 fully saturated rings. The molecule has 6 nitrogen and oxygen atoms in total. The molecule has 1 aliphatic rings. The van der Waals surface area contributed by atoms with Gasteiger partial charge in [0.25, 0.3) is 5.91 Å². The number of nitrogens with two attached hydrogens (primary N) is 1. The number of amides is 1. The van der Waals surface area contributed by atoms with Crippen molar-refractivity contribution in [2.45, 2.75) is 17.4 Å². The Morgan fingerprint density at radius 3 is 2.35 bits per heavy atom. The van der Waals surface area contributed by atoms with Crippen LogP contribution < -0.4 is 5.14 Å². The van der Waals surface area contributed by atoms with Crippen molar-refractivity contribution in [3.05, 3.63) is 65.7 Å². The number of carbonyl (C=O) groups is 1. The van der Waals surface area contributed by atoms with E-state index in [0.717, 1.165) is 19.5 Å². The third kappa shape index (κ3) is 4.30. The minimum atomic E-state index is -3.76. The normalized spacial score (nSPS) is 18.7. The first-order chi connectivity index (χ1) is 12.3. The lowest BCUT2D eigenvalue weighted by atomic mass is 10.0. The lowest BCUT2D eigenvalue weighted by Gasteiger charge is -2.40. The van der Waals surface area contributed by atoms with Crippen LogP contribution in [0.15, 0.2) is 59.5 Å². The van der Waals surface area contributed by atoms with Gasteiger partial charge >= 0.3 is 0 Å². The molecule has 1 aliphatic heterocycles. The number of nitrogens with zero attached hydrogens (tertiary/aromatic N) is 2. The molecule has 1 amide bonds. The Bertz CT molecular complexity index is 867. The van der Waals surface area contributed by atoms with Crippen molar-refractivity contribution in [2.75, 3.05) is 26.7 Å². The van der Waals surface area contributed by atoms with Crippen molar-refractivity contribution >= 4 is 15.9 Å². The highest BCUT2D eigenvalue weighted by molar-refractivity contribution is 7.89. The molecule has 0 saturated carbocycles. The maximum absolute atomic E-state index is 13.0. The van der Waals surface area contributed by atoms with Gasteiger partial charge in [-0.1, -0.05) is 30.3 Å². The van der Waals surface area contributed by atoms with Crippen LogP contribution >= 0.6 is 0 Å². The summed E-state index contributed by atoms with van der Waals surface area (Å²) >= 11 is 0. The van der Waals surface area contributed by atoms with Crippen LogP contribution in [0.2, 0.25) is 0 Å². The number of hydrogen-bond donors (Lipinski definition) is 1. The van der Waals surface area contributed by atoms with Crippen LogP contribution in [0.3, 0.4) is 0 Å². The zero-order valence-electron chi connectivity index (χ0n) is 14.7. The molecule has 0 aliphatic carbocycles. The summed E-state index contributed by atoms with van der Waals surface area (Å²) in [6, 6.07) is 16.0. The number of benzene rings is 2. The van der Waals surface area contributed by atoms with Crippen molar-refractivity contribution in [3.63, 3.8) is 0 Å². The number of rotatable bonds is 4. The van der Waals surface area contributed by atoms with Crippen LogP contribution in [-0.2, 0) is 16.4 Å². The van der Waals surface area contributed by atoms with Gasteiger partial charge in [-0.05, 0) is 43.3 Å². The Balaban J connectivity index is 1.81. The molecule has 1 saturated heterocycles. The van der Waals surface area contributed by atoms with Crippen molar-refractivity contribution < 1.29 is 13.2 Å². The van der Waals surface area contributed by atoms with Crippen molar-refractivity contribution in [2.24, 2.45) is 5.14 Å². The second-order valence-corrected chi connectivity index (χ2v) is 8.24. The molecule has 0 aromatic heterocycles. The zero-order chi connectivity index (χ0) is 18.7. The lowest BCUT2D eigenvalue weighted by molar-refractivity contribution is 0.0501. The van der Waals surface area contributed by atoms with Gasteiger partial charge in [0, 0.05) is 31.2 Å². The minimum Gasteiger partial charge on any atom is -0.333 e. The molecular formula is C19H23N3O3S. The summed E-state index contributed by atoms with van der Waals surface area (Å²) in [5.41, 5.74) is 1.66. The molecule has 2 aromatic carbocycles. The van der Waals surface area contributed by atoms with E-state index < -0.39 is 10.0 Å². The van der Waals surface area contributed by atoms with Gasteiger partial charge in [0.1, 0.15) is 0 Å². The predicted molar refractivity (Wildman–Crippen MR) is 100 cm³/mol. The van der Waals surface area contributed by atoms with E-state index >= 15 is 0 Å². The van der Waals surface area contributed by atoms with E-state index in [1.54, 1.807) is 0 Å². The van der Waals surface area contributed by atoms with Crippen molar-refractivity contribution in [3.8, 4) is 0 Å². The molecule has 3 rings (SSSR count). The largest absolute Gasteiger partial charge is 0.333 e. The number of hydrogen-bond acceptors (Lipinski definition) is 4. The maximum atomic E-state index is 13.0. The number of primary sulfonamides is 1. The minimum absolute atomic E-state index is 0.00765. The van der Waals surface area contributed by atoms with E-state index in [1.807, 2.05) is 23.1 Å². The Labute approximate surface area is 154 Å². The van der Waals surface area contributed by atoms with Crippen LogP contribution in [0.1, 0.15) is 15.9 Å². The summed E-state index contributed by atoms with van der Waals surface area (Å²) in [6.07, 6.45) is 0.784. The average molecular weight is 373 g/mol. The van der Waals surface area contributed by atoms with Gasteiger partial charge in [0.15, 0.2) is 0 Å². The summed E-state index contributed by atoms with van der Waals surface area (Å²) in [7, 11) is -1.70. The first kappa shape index (κ1) is 18.6. The summed E-state index contributed by atoms with van der Waals surface area (Å²) in [6.45, 7) is 2.26. The molecule has 1 atom stereocenters. The Hall–Kier alpha value is -2.22. The van der Waals surface area contributed by atoms with Crippen LogP contribution in [-0.4, -0.2) is 56.8 Å². The van der Waals surface area contributed by atoms with Gasteiger partial charge < -0.3 is 9.80 Å². The van der Waals surface area contributed by atoms with E-state index in [0.29, 0.717) is 12.1 Å². The second kappa shape index (κ2) is 7.57. The fraction of sp³-hybridized carbons (Fsp3) is 0.316. The number of carbonyl (C=O) groups excluding carboxylic acids is 1. The highest BCUT2D eigenvalue weighted by atomic mass is 32.2. The van der Waals surface area contributed by atoms with E-state index in [1.165, 1.54) is 29.8 Å². The van der Waals surface area contributed by atoms with Gasteiger partial charge in [-0.2, -0.15) is 0 Å². The first-order valence-corrected chi connectivity index (χ1v) is 10.1. The van der Waals surface area contributed by atoms with Crippen molar-refractivity contribution in [1.29, 1.82) is 0 Å². The zero-order valence-corrected chi connectivity index (χ0v) is 15.5. The van der Waals surface area contributed by atoms with Gasteiger partial charge in [-0.3, -0.25) is 4.79 Å². The maximum Gasteiger partial charge on any atom is 0.254 e. The van der Waals surface area contributed by atoms with Crippen LogP contribution in [0.4, 0.5) is 0 Å². The summed E-state index contributed by atoms with van der Waals surface area (Å²) in [5, 5.41) is 5.12. The fourth-order valence-corrected chi connectivity index (χ4v) is 3.81. The summed E-state index contributed by atoms with van der Waals surface area (Å²) in [4.78, 5) is 17.1. The van der Waals surface area contributed by atoms with Gasteiger partial charge in [0.05, 0.1) is 4.90 Å². The molecule has 7 heteroatoms. The first-order valence-electron chi connectivity index (χ1n) is 8.51. The molecule has 138 valence electrons. The van der Waals surface area contributed by atoms with Crippen LogP contribution in [0, 0.1) is 0 Å². The van der Waals surface area contributed by atoms with Crippen LogP contribution in [0.25, 0.3) is 0 Å². The SMILES string of the molecule is CN1CCN(C(=O)c2ccc(S(N)(=O)=O)cc2)[C@@H](Cc2ccccc2)C1. The van der Waals surface area contributed by atoms with Crippen molar-refractivity contribution in [1.82, 2.24) is 9.80 Å². The highest BCUT2D eigenvalue weighted by Crippen LogP contribution is 2.18. The number of piperazine rings is 1. The van der Waals surface area contributed by atoms with Gasteiger partial charge in [0.2, 0.25) is 10.0 Å². The second-order valence-electron chi connectivity index (χ2n) is 6.67. The van der Waals surface area contributed by atoms with Crippen LogP contribution in [0.5, 0.6) is 0 Å². The smallest absolute Gasteiger partial charge is 0.254 e. The summed E-state index contributed by atoms with van der Waals surface area (Å²) in [5.74, 6) is -0.0833. The Morgan fingerprint density at radius 2 is 1.73 bits per heavy atom. The van der Waals surface area contributed by atoms with E-state index in [-0.39, 0.29) is 16.8 Å². The summed E-state index contributed by atoms with van der Waals surface area (Å²) < 4.78 is 22.8. The van der Waals surface area contributed by atoms with E-state index in [2.05, 4.69) is 24.1 Å². The lowest BCUT2D eigenvalue weighted by Crippen LogP contribution is -2.54. The molecule has 0 radical (unpaired) electrons. The Morgan fingerprint density at radius 1 is 1.08 bits per heavy atom. The molecule has 0 bridgehead atoms. The monoisotopic (exact) mass is 373 g/mol. The molecule has 1 heterocycles. The Kier molecular flexibility index (Phi) is 5.41. The van der Waals surface area contributed by atoms with Gasteiger partial charge in [-0.25, -0.2) is 13.6 Å². The topological polar surface area (TPSA) is 83.7 Å². The van der Waals surface area contributed by atoms with E-state index in [9.17, 15) is 13.2 Å². The quantitative estimate of drug-likeness (QED) is 0.876. The van der Waals surface area contributed by atoms with Gasteiger partial charge in [-0.15, -0.1) is 0 Å². The number of sulfonamides is 1. The molecule has 2 aromatic rings. The average Bonchev–Trinajstić information content (AvgIpc) is 2.62. The highest BCUT2D eigenvalue weighted by Gasteiger charge is 2.29. The van der Waals surface area contributed by atoms with E-state index in [4.69, 9.17) is 5.14 Å². The standard InChI is InChI=1S/C19H23N3O3S/c1-21-11-12-22(17(14-21)13-15-5-3-2-4-6-15)19(23)16-7-9-18(10-8-16)26(20,24)25/h2-10,17H,11-14H2,1H3,(H2,20,24,25)/t17-/m0/s1. The molecule has 26 heavy (non-hydrogen) atoms. The molecule has 2 N–H and O–H groups in total. The number of likely N-dealkylation sites (N-methyl/N-ethyl adjacent to an activating group) is 1. The molecule has 0 unspecified atom stereocenters. The third-order valence-electron chi connectivity index (χ3n) is 4.69. The fourth-order valence-electron chi connectivity index (χ4n) is 3.29. The molecular weight excluding hydrogens is 350 g/mol. The predicted octanol–water partition coefficient (Wildman–Crippen LogP) is 1.33. The molecule has 0 spiro atoms.